The second kappa shape index (κ2) is 4.87. The van der Waals surface area contributed by atoms with Crippen LogP contribution < -0.4 is 0 Å². The monoisotopic (exact) mass is 240 g/mol. The summed E-state index contributed by atoms with van der Waals surface area (Å²) in [4.78, 5) is 0. The van der Waals surface area contributed by atoms with Crippen LogP contribution in [0.4, 0.5) is 0 Å². The molecular formula is C12H13ClO3. The topological polar surface area (TPSA) is 53.6 Å². The maximum absolute atomic E-state index is 9.88. The van der Waals surface area contributed by atoms with Crippen molar-refractivity contribution in [2.45, 2.75) is 18.6 Å². The summed E-state index contributed by atoms with van der Waals surface area (Å²) in [6, 6.07) is 7.15. The van der Waals surface area contributed by atoms with Gasteiger partial charge in [0.2, 0.25) is 0 Å². The lowest BCUT2D eigenvalue weighted by atomic mass is 10.0. The Morgan fingerprint density at radius 1 is 1.25 bits per heavy atom. The summed E-state index contributed by atoms with van der Waals surface area (Å²) in [5.74, 6) is 0.326. The van der Waals surface area contributed by atoms with Crippen LogP contribution in [0.15, 0.2) is 34.9 Å². The predicted octanol–water partition coefficient (Wildman–Crippen LogP) is 2.46. The Labute approximate surface area is 98.3 Å². The molecule has 0 aliphatic rings. The van der Waals surface area contributed by atoms with Crippen LogP contribution in [0.5, 0.6) is 0 Å². The smallest absolute Gasteiger partial charge is 0.133 e. The zero-order valence-corrected chi connectivity index (χ0v) is 9.39. The van der Waals surface area contributed by atoms with Gasteiger partial charge in [-0.25, -0.2) is 0 Å². The van der Waals surface area contributed by atoms with Crippen LogP contribution in [0.3, 0.4) is 0 Å². The van der Waals surface area contributed by atoms with Gasteiger partial charge >= 0.3 is 0 Å². The highest BCUT2D eigenvalue weighted by Crippen LogP contribution is 2.24. The first-order chi connectivity index (χ1) is 7.72. The molecule has 0 radical (unpaired) electrons. The van der Waals surface area contributed by atoms with E-state index in [-0.39, 0.29) is 0 Å². The Morgan fingerprint density at radius 3 is 2.81 bits per heavy atom. The van der Waals surface area contributed by atoms with Gasteiger partial charge in [-0.3, -0.25) is 0 Å². The predicted molar refractivity (Wildman–Crippen MR) is 62.5 cm³/mol. The van der Waals surface area contributed by atoms with Crippen LogP contribution in [0.2, 0.25) is 0 Å². The van der Waals surface area contributed by atoms with Crippen molar-refractivity contribution in [3.8, 4) is 0 Å². The number of aliphatic hydroxyl groups excluding tert-OH is 2. The minimum Gasteiger partial charge on any atom is -0.464 e. The molecule has 0 aliphatic heterocycles. The average Bonchev–Trinajstić information content (AvgIpc) is 2.75. The van der Waals surface area contributed by atoms with Crippen molar-refractivity contribution < 1.29 is 14.6 Å². The third-order valence-electron chi connectivity index (χ3n) is 2.59. The van der Waals surface area contributed by atoms with Gasteiger partial charge in [0.05, 0.1) is 12.4 Å². The summed E-state index contributed by atoms with van der Waals surface area (Å²) in [5, 5.41) is 20.4. The van der Waals surface area contributed by atoms with Crippen molar-refractivity contribution in [2.24, 2.45) is 0 Å². The van der Waals surface area contributed by atoms with E-state index in [1.807, 2.05) is 6.07 Å². The van der Waals surface area contributed by atoms with Crippen LogP contribution in [0, 0.1) is 0 Å². The number of hydrogen-bond acceptors (Lipinski definition) is 3. The molecule has 1 aromatic heterocycles. The Kier molecular flexibility index (Phi) is 3.49. The molecule has 16 heavy (non-hydrogen) atoms. The second-order valence-electron chi connectivity index (χ2n) is 3.71. The van der Waals surface area contributed by atoms with Gasteiger partial charge in [0.15, 0.2) is 0 Å². The Morgan fingerprint density at radius 2 is 2.06 bits per heavy atom. The molecule has 0 aliphatic carbocycles. The fourth-order valence-corrected chi connectivity index (χ4v) is 1.88. The normalized spacial score (nSPS) is 15.2. The molecule has 2 unspecified atom stereocenters. The molecule has 0 amide bonds. The van der Waals surface area contributed by atoms with Crippen molar-refractivity contribution in [2.75, 3.05) is 5.88 Å². The van der Waals surface area contributed by atoms with E-state index in [0.717, 1.165) is 11.0 Å². The molecule has 2 aromatic rings. The van der Waals surface area contributed by atoms with E-state index in [0.29, 0.717) is 17.9 Å². The Bertz CT molecular complexity index is 466. The molecule has 4 heteroatoms. The van der Waals surface area contributed by atoms with Crippen LogP contribution in [-0.4, -0.2) is 22.2 Å². The molecule has 0 fully saturated rings. The largest absolute Gasteiger partial charge is 0.464 e. The van der Waals surface area contributed by atoms with E-state index in [4.69, 9.17) is 16.0 Å². The molecule has 1 aromatic carbocycles. The van der Waals surface area contributed by atoms with Gasteiger partial charge in [-0.15, -0.1) is 11.6 Å². The van der Waals surface area contributed by atoms with E-state index < -0.39 is 12.2 Å². The van der Waals surface area contributed by atoms with Crippen molar-refractivity contribution in [1.29, 1.82) is 0 Å². The fraction of sp³-hybridized carbons (Fsp3) is 0.333. The maximum atomic E-state index is 9.88. The van der Waals surface area contributed by atoms with Gasteiger partial charge in [0.1, 0.15) is 11.7 Å². The molecule has 0 spiro atoms. The molecule has 3 nitrogen and oxygen atoms in total. The summed E-state index contributed by atoms with van der Waals surface area (Å²) < 4.78 is 5.20. The van der Waals surface area contributed by atoms with E-state index in [1.54, 1.807) is 24.5 Å². The first-order valence-corrected chi connectivity index (χ1v) is 5.65. The van der Waals surface area contributed by atoms with Gasteiger partial charge in [0, 0.05) is 11.3 Å². The van der Waals surface area contributed by atoms with Crippen LogP contribution >= 0.6 is 11.6 Å². The number of alkyl halides is 1. The summed E-state index contributed by atoms with van der Waals surface area (Å²) in [6.45, 7) is 0. The molecular weight excluding hydrogens is 228 g/mol. The number of aliphatic hydroxyl groups is 2. The molecule has 2 N–H and O–H groups in total. The summed E-state index contributed by atoms with van der Waals surface area (Å²) >= 11 is 5.52. The summed E-state index contributed by atoms with van der Waals surface area (Å²) in [7, 11) is 0. The molecule has 2 rings (SSSR count). The third kappa shape index (κ3) is 2.21. The molecule has 2 atom stereocenters. The molecule has 86 valence electrons. The van der Waals surface area contributed by atoms with Gasteiger partial charge < -0.3 is 14.6 Å². The van der Waals surface area contributed by atoms with E-state index >= 15 is 0 Å². The van der Waals surface area contributed by atoms with Crippen LogP contribution in [0.25, 0.3) is 11.0 Å². The number of furan rings is 1. The molecule has 1 heterocycles. The van der Waals surface area contributed by atoms with Crippen LogP contribution in [-0.2, 0) is 0 Å². The van der Waals surface area contributed by atoms with E-state index in [2.05, 4.69) is 0 Å². The van der Waals surface area contributed by atoms with Crippen molar-refractivity contribution in [1.82, 2.24) is 0 Å². The number of rotatable bonds is 4. The van der Waals surface area contributed by atoms with Crippen molar-refractivity contribution in [3.63, 3.8) is 0 Å². The highest BCUT2D eigenvalue weighted by Gasteiger charge is 2.18. The average molecular weight is 241 g/mol. The lowest BCUT2D eigenvalue weighted by Gasteiger charge is -2.17. The number of hydrogen-bond donors (Lipinski definition) is 2. The maximum Gasteiger partial charge on any atom is 0.133 e. The van der Waals surface area contributed by atoms with Gasteiger partial charge in [-0.1, -0.05) is 6.07 Å². The van der Waals surface area contributed by atoms with Crippen molar-refractivity contribution in [3.05, 3.63) is 36.1 Å². The SMILES string of the molecule is OC(CCCl)C(O)c1ccc2occc2c1. The lowest BCUT2D eigenvalue weighted by Crippen LogP contribution is -2.18. The molecule has 0 bridgehead atoms. The molecule has 0 saturated heterocycles. The number of benzene rings is 1. The minimum atomic E-state index is -0.905. The molecule has 0 saturated carbocycles. The van der Waals surface area contributed by atoms with Gasteiger partial charge in [-0.05, 0) is 30.2 Å². The zero-order chi connectivity index (χ0) is 11.5. The lowest BCUT2D eigenvalue weighted by molar-refractivity contribution is 0.0171. The minimum absolute atomic E-state index is 0.326. The van der Waals surface area contributed by atoms with Crippen LogP contribution in [0.1, 0.15) is 18.1 Å². The fourth-order valence-electron chi connectivity index (χ4n) is 1.66. The van der Waals surface area contributed by atoms with Crippen molar-refractivity contribution >= 4 is 22.6 Å². The number of fused-ring (bicyclic) bond motifs is 1. The van der Waals surface area contributed by atoms with E-state index in [9.17, 15) is 10.2 Å². The first-order valence-electron chi connectivity index (χ1n) is 5.11. The third-order valence-corrected chi connectivity index (χ3v) is 2.81. The Hall–Kier alpha value is -1.03. The zero-order valence-electron chi connectivity index (χ0n) is 8.64. The quantitative estimate of drug-likeness (QED) is 0.808. The second-order valence-corrected chi connectivity index (χ2v) is 4.09. The Balaban J connectivity index is 2.24. The first kappa shape index (κ1) is 11.5. The highest BCUT2D eigenvalue weighted by molar-refractivity contribution is 6.17. The van der Waals surface area contributed by atoms with E-state index in [1.165, 1.54) is 0 Å². The van der Waals surface area contributed by atoms with Gasteiger partial charge in [-0.2, -0.15) is 0 Å². The number of halogens is 1. The highest BCUT2D eigenvalue weighted by atomic mass is 35.5. The standard InChI is InChI=1S/C12H13ClO3/c13-5-3-10(14)12(15)9-1-2-11-8(7-9)4-6-16-11/h1-2,4,6-7,10,12,14-15H,3,5H2. The van der Waals surface area contributed by atoms with Gasteiger partial charge in [0.25, 0.3) is 0 Å². The summed E-state index contributed by atoms with van der Waals surface area (Å²) in [5.41, 5.74) is 1.44. The summed E-state index contributed by atoms with van der Waals surface area (Å²) in [6.07, 6.45) is 0.224.